The zero-order valence-electron chi connectivity index (χ0n) is 9.31. The summed E-state index contributed by atoms with van der Waals surface area (Å²) in [5.74, 6) is 0.976. The van der Waals surface area contributed by atoms with Gasteiger partial charge in [0.15, 0.2) is 0 Å². The van der Waals surface area contributed by atoms with Gasteiger partial charge in [0.1, 0.15) is 5.75 Å². The highest BCUT2D eigenvalue weighted by molar-refractivity contribution is 5.89. The van der Waals surface area contributed by atoms with Gasteiger partial charge < -0.3 is 10.5 Å². The first-order chi connectivity index (χ1) is 7.75. The molecule has 82 valence electrons. The first-order valence-electron chi connectivity index (χ1n) is 5.69. The van der Waals surface area contributed by atoms with Crippen LogP contribution < -0.4 is 10.5 Å². The van der Waals surface area contributed by atoms with E-state index in [1.54, 1.807) is 0 Å². The Labute approximate surface area is 95.0 Å². The molecule has 1 heterocycles. The van der Waals surface area contributed by atoms with Crippen molar-refractivity contribution in [1.29, 1.82) is 0 Å². The Kier molecular flexibility index (Phi) is 2.11. The first-order valence-corrected chi connectivity index (χ1v) is 5.69. The molecule has 2 unspecified atom stereocenters. The van der Waals surface area contributed by atoms with Gasteiger partial charge in [-0.3, -0.25) is 0 Å². The Balaban J connectivity index is 2.29. The first kappa shape index (κ1) is 9.67. The second kappa shape index (κ2) is 3.49. The minimum atomic E-state index is 0.100. The molecule has 0 bridgehead atoms. The maximum atomic E-state index is 6.15. The number of nitrogens with two attached hydrogens (primary N) is 1. The maximum absolute atomic E-state index is 6.15. The molecule has 1 aliphatic rings. The van der Waals surface area contributed by atoms with Crippen LogP contribution >= 0.6 is 0 Å². The maximum Gasteiger partial charge on any atom is 0.132 e. The second-order valence-corrected chi connectivity index (χ2v) is 4.48. The van der Waals surface area contributed by atoms with Gasteiger partial charge in [-0.25, -0.2) is 0 Å². The molecule has 2 atom stereocenters. The SMILES string of the molecule is CC1CC(N)c2ccc3ccccc3c2O1. The van der Waals surface area contributed by atoms with E-state index >= 15 is 0 Å². The molecule has 1 aliphatic heterocycles. The van der Waals surface area contributed by atoms with Crippen molar-refractivity contribution in [2.75, 3.05) is 0 Å². The van der Waals surface area contributed by atoms with E-state index in [2.05, 4.69) is 31.2 Å². The molecule has 0 radical (unpaired) electrons. The second-order valence-electron chi connectivity index (χ2n) is 4.48. The third-order valence-electron chi connectivity index (χ3n) is 3.21. The summed E-state index contributed by atoms with van der Waals surface area (Å²) < 4.78 is 5.94. The van der Waals surface area contributed by atoms with Crippen LogP contribution in [-0.4, -0.2) is 6.10 Å². The van der Waals surface area contributed by atoms with Gasteiger partial charge in [0.25, 0.3) is 0 Å². The molecule has 0 saturated heterocycles. The predicted molar refractivity (Wildman–Crippen MR) is 65.6 cm³/mol. The highest BCUT2D eigenvalue weighted by atomic mass is 16.5. The fraction of sp³-hybridized carbons (Fsp3) is 0.286. The van der Waals surface area contributed by atoms with Crippen molar-refractivity contribution >= 4 is 10.8 Å². The summed E-state index contributed by atoms with van der Waals surface area (Å²) in [6.45, 7) is 2.07. The van der Waals surface area contributed by atoms with E-state index in [9.17, 15) is 0 Å². The summed E-state index contributed by atoms with van der Waals surface area (Å²) in [6, 6.07) is 12.6. The number of benzene rings is 2. The number of fused-ring (bicyclic) bond motifs is 3. The van der Waals surface area contributed by atoms with E-state index < -0.39 is 0 Å². The van der Waals surface area contributed by atoms with Crippen LogP contribution in [0.5, 0.6) is 5.75 Å². The Morgan fingerprint density at radius 1 is 1.19 bits per heavy atom. The third-order valence-corrected chi connectivity index (χ3v) is 3.21. The Morgan fingerprint density at radius 3 is 2.88 bits per heavy atom. The molecule has 2 nitrogen and oxygen atoms in total. The summed E-state index contributed by atoms with van der Waals surface area (Å²) in [5, 5.41) is 2.38. The lowest BCUT2D eigenvalue weighted by atomic mass is 9.94. The minimum Gasteiger partial charge on any atom is -0.490 e. The largest absolute Gasteiger partial charge is 0.490 e. The molecular weight excluding hydrogens is 198 g/mol. The third kappa shape index (κ3) is 1.38. The van der Waals surface area contributed by atoms with E-state index in [0.29, 0.717) is 0 Å². The molecule has 0 fully saturated rings. The van der Waals surface area contributed by atoms with E-state index in [-0.39, 0.29) is 12.1 Å². The van der Waals surface area contributed by atoms with E-state index in [0.717, 1.165) is 17.7 Å². The van der Waals surface area contributed by atoms with Gasteiger partial charge in [-0.15, -0.1) is 0 Å². The lowest BCUT2D eigenvalue weighted by Gasteiger charge is -2.29. The van der Waals surface area contributed by atoms with Crippen LogP contribution in [0.25, 0.3) is 10.8 Å². The van der Waals surface area contributed by atoms with Crippen molar-refractivity contribution in [2.45, 2.75) is 25.5 Å². The lowest BCUT2D eigenvalue weighted by molar-refractivity contribution is 0.180. The number of ether oxygens (including phenoxy) is 1. The standard InChI is InChI=1S/C14H15NO/c1-9-8-13(15)12-7-6-10-4-2-3-5-11(10)14(12)16-9/h2-7,9,13H,8,15H2,1H3. The fourth-order valence-corrected chi connectivity index (χ4v) is 2.42. The van der Waals surface area contributed by atoms with Crippen LogP contribution in [0.3, 0.4) is 0 Å². The van der Waals surface area contributed by atoms with Crippen molar-refractivity contribution < 1.29 is 4.74 Å². The Bertz CT molecular complexity index is 535. The van der Waals surface area contributed by atoms with Gasteiger partial charge >= 0.3 is 0 Å². The van der Waals surface area contributed by atoms with Gasteiger partial charge in [-0.2, -0.15) is 0 Å². The molecule has 0 saturated carbocycles. The molecule has 0 amide bonds. The van der Waals surface area contributed by atoms with Crippen LogP contribution in [0.4, 0.5) is 0 Å². The normalized spacial score (nSPS) is 23.9. The molecular formula is C14H15NO. The molecule has 2 N–H and O–H groups in total. The van der Waals surface area contributed by atoms with Gasteiger partial charge in [0.05, 0.1) is 6.10 Å². The highest BCUT2D eigenvalue weighted by Crippen LogP contribution is 2.38. The van der Waals surface area contributed by atoms with Gasteiger partial charge in [0, 0.05) is 23.4 Å². The highest BCUT2D eigenvalue weighted by Gasteiger charge is 2.24. The number of hydrogen-bond donors (Lipinski definition) is 1. The van der Waals surface area contributed by atoms with Crippen LogP contribution in [0.1, 0.15) is 24.9 Å². The van der Waals surface area contributed by atoms with Crippen molar-refractivity contribution in [3.63, 3.8) is 0 Å². The van der Waals surface area contributed by atoms with E-state index in [4.69, 9.17) is 10.5 Å². The van der Waals surface area contributed by atoms with Crippen LogP contribution in [-0.2, 0) is 0 Å². The van der Waals surface area contributed by atoms with Crippen LogP contribution in [0.15, 0.2) is 36.4 Å². The minimum absolute atomic E-state index is 0.100. The van der Waals surface area contributed by atoms with Crippen molar-refractivity contribution in [2.24, 2.45) is 5.73 Å². The Morgan fingerprint density at radius 2 is 2.00 bits per heavy atom. The summed E-state index contributed by atoms with van der Waals surface area (Å²) in [4.78, 5) is 0. The van der Waals surface area contributed by atoms with Gasteiger partial charge in [-0.1, -0.05) is 36.4 Å². The quantitative estimate of drug-likeness (QED) is 0.730. The lowest BCUT2D eigenvalue weighted by Crippen LogP contribution is -2.27. The zero-order chi connectivity index (χ0) is 11.1. The average molecular weight is 213 g/mol. The summed E-state index contributed by atoms with van der Waals surface area (Å²) >= 11 is 0. The Hall–Kier alpha value is -1.54. The molecule has 2 aromatic rings. The monoisotopic (exact) mass is 213 g/mol. The molecule has 2 aromatic carbocycles. The molecule has 0 aromatic heterocycles. The molecule has 2 heteroatoms. The average Bonchev–Trinajstić information content (AvgIpc) is 2.28. The smallest absolute Gasteiger partial charge is 0.132 e. The summed E-state index contributed by atoms with van der Waals surface area (Å²) in [6.07, 6.45) is 1.10. The van der Waals surface area contributed by atoms with E-state index in [1.165, 1.54) is 10.8 Å². The van der Waals surface area contributed by atoms with Crippen LogP contribution in [0.2, 0.25) is 0 Å². The van der Waals surface area contributed by atoms with Gasteiger partial charge in [0.2, 0.25) is 0 Å². The zero-order valence-corrected chi connectivity index (χ0v) is 9.31. The van der Waals surface area contributed by atoms with Crippen LogP contribution in [0, 0.1) is 0 Å². The van der Waals surface area contributed by atoms with Gasteiger partial charge in [-0.05, 0) is 12.3 Å². The molecule has 0 spiro atoms. The van der Waals surface area contributed by atoms with Crippen molar-refractivity contribution in [3.8, 4) is 5.75 Å². The predicted octanol–water partition coefficient (Wildman–Crippen LogP) is 3.01. The number of rotatable bonds is 0. The van der Waals surface area contributed by atoms with Crippen molar-refractivity contribution in [3.05, 3.63) is 42.0 Å². The fourth-order valence-electron chi connectivity index (χ4n) is 2.42. The molecule has 0 aliphatic carbocycles. The van der Waals surface area contributed by atoms with E-state index in [1.807, 2.05) is 12.1 Å². The molecule has 16 heavy (non-hydrogen) atoms. The number of hydrogen-bond acceptors (Lipinski definition) is 2. The topological polar surface area (TPSA) is 35.2 Å². The van der Waals surface area contributed by atoms with Crippen molar-refractivity contribution in [1.82, 2.24) is 0 Å². The summed E-state index contributed by atoms with van der Waals surface area (Å²) in [5.41, 5.74) is 7.28. The molecule has 3 rings (SSSR count). The summed E-state index contributed by atoms with van der Waals surface area (Å²) in [7, 11) is 0.